The molecule has 0 saturated heterocycles. The highest BCUT2D eigenvalue weighted by molar-refractivity contribution is 5.82. The smallest absolute Gasteiger partial charge is 0.431 e. The van der Waals surface area contributed by atoms with Gasteiger partial charge in [-0.25, -0.2) is 4.79 Å². The quantitative estimate of drug-likeness (QED) is 0.666. The van der Waals surface area contributed by atoms with Crippen molar-refractivity contribution in [1.29, 1.82) is 0 Å². The summed E-state index contributed by atoms with van der Waals surface area (Å²) >= 11 is 0. The molecule has 1 atom stereocenters. The van der Waals surface area contributed by atoms with Crippen molar-refractivity contribution in [2.45, 2.75) is 26.1 Å². The number of carbonyl (C=O) groups is 1. The molecule has 0 amide bonds. The number of benzene rings is 1. The first kappa shape index (κ1) is 16.1. The van der Waals surface area contributed by atoms with Crippen LogP contribution in [0, 0.1) is 0 Å². The van der Waals surface area contributed by atoms with Crippen LogP contribution in [0.5, 0.6) is 0 Å². The summed E-state index contributed by atoms with van der Waals surface area (Å²) in [6, 6.07) is 8.06. The molecule has 1 N–H and O–H groups in total. The molecule has 0 heterocycles. The standard InChI is InChI=1S/C14H16F3NO2/c1-3-20-13(19)9-12(14(15,16)17)18-10(2)11-7-5-4-6-8-11/h4-10,18H,3H2,1-2H3/b12-9+/t10-/m0/s1. The van der Waals surface area contributed by atoms with Gasteiger partial charge in [0.1, 0.15) is 5.70 Å². The van der Waals surface area contributed by atoms with Crippen LogP contribution in [0.15, 0.2) is 42.1 Å². The number of hydrogen-bond acceptors (Lipinski definition) is 3. The lowest BCUT2D eigenvalue weighted by Gasteiger charge is -2.20. The number of allylic oxidation sites excluding steroid dienone is 1. The van der Waals surface area contributed by atoms with Gasteiger partial charge < -0.3 is 10.1 Å². The highest BCUT2D eigenvalue weighted by Crippen LogP contribution is 2.26. The predicted molar refractivity (Wildman–Crippen MR) is 68.8 cm³/mol. The molecule has 0 fully saturated rings. The Morgan fingerprint density at radius 2 is 1.95 bits per heavy atom. The molecule has 0 aromatic heterocycles. The summed E-state index contributed by atoms with van der Waals surface area (Å²) in [6.45, 7) is 3.13. The fraction of sp³-hybridized carbons (Fsp3) is 0.357. The third kappa shape index (κ3) is 4.95. The second-order valence-electron chi connectivity index (χ2n) is 4.08. The molecule has 1 aromatic rings. The Bertz CT molecular complexity index is 469. The maximum Gasteiger partial charge on any atom is 0.431 e. The van der Waals surface area contributed by atoms with E-state index in [0.717, 1.165) is 0 Å². The molecule has 110 valence electrons. The molecule has 0 aliphatic heterocycles. The van der Waals surface area contributed by atoms with Gasteiger partial charge in [-0.1, -0.05) is 30.3 Å². The number of alkyl halides is 3. The Hall–Kier alpha value is -1.98. The van der Waals surface area contributed by atoms with Crippen LogP contribution in [0.1, 0.15) is 25.5 Å². The van der Waals surface area contributed by atoms with Gasteiger partial charge in [0, 0.05) is 6.04 Å². The van der Waals surface area contributed by atoms with Crippen molar-refractivity contribution in [1.82, 2.24) is 5.32 Å². The molecule has 0 aliphatic rings. The predicted octanol–water partition coefficient (Wildman–Crippen LogP) is 3.35. The molecular weight excluding hydrogens is 271 g/mol. The average molecular weight is 287 g/mol. The average Bonchev–Trinajstić information content (AvgIpc) is 2.38. The van der Waals surface area contributed by atoms with Gasteiger partial charge in [0.2, 0.25) is 0 Å². The van der Waals surface area contributed by atoms with E-state index < -0.39 is 23.9 Å². The first-order valence-corrected chi connectivity index (χ1v) is 6.11. The van der Waals surface area contributed by atoms with Crippen molar-refractivity contribution in [3.05, 3.63) is 47.7 Å². The highest BCUT2D eigenvalue weighted by atomic mass is 19.4. The second kappa shape index (κ2) is 6.98. The lowest BCUT2D eigenvalue weighted by Crippen LogP contribution is -2.29. The van der Waals surface area contributed by atoms with E-state index in [1.54, 1.807) is 37.3 Å². The molecule has 0 saturated carbocycles. The number of hydrogen-bond donors (Lipinski definition) is 1. The summed E-state index contributed by atoms with van der Waals surface area (Å²) in [7, 11) is 0. The van der Waals surface area contributed by atoms with Gasteiger partial charge in [0.15, 0.2) is 0 Å². The fourth-order valence-corrected chi connectivity index (χ4v) is 1.57. The van der Waals surface area contributed by atoms with Gasteiger partial charge in [-0.15, -0.1) is 0 Å². The third-order valence-electron chi connectivity index (χ3n) is 2.53. The van der Waals surface area contributed by atoms with E-state index in [2.05, 4.69) is 10.1 Å². The normalized spacial score (nSPS) is 13.8. The summed E-state index contributed by atoms with van der Waals surface area (Å²) in [5, 5.41) is 2.30. The van der Waals surface area contributed by atoms with Crippen LogP contribution in [0.3, 0.4) is 0 Å². The first-order chi connectivity index (χ1) is 9.34. The Morgan fingerprint density at radius 3 is 2.45 bits per heavy atom. The monoisotopic (exact) mass is 287 g/mol. The van der Waals surface area contributed by atoms with Crippen LogP contribution in [0.2, 0.25) is 0 Å². The van der Waals surface area contributed by atoms with E-state index >= 15 is 0 Å². The summed E-state index contributed by atoms with van der Waals surface area (Å²) < 4.78 is 43.1. The summed E-state index contributed by atoms with van der Waals surface area (Å²) in [4.78, 5) is 11.2. The van der Waals surface area contributed by atoms with Gasteiger partial charge in [-0.3, -0.25) is 0 Å². The van der Waals surface area contributed by atoms with Crippen LogP contribution in [0.25, 0.3) is 0 Å². The van der Waals surface area contributed by atoms with E-state index in [-0.39, 0.29) is 6.61 Å². The third-order valence-corrected chi connectivity index (χ3v) is 2.53. The molecule has 1 rings (SSSR count). The topological polar surface area (TPSA) is 38.3 Å². The van der Waals surface area contributed by atoms with E-state index in [1.807, 2.05) is 0 Å². The Morgan fingerprint density at radius 1 is 1.35 bits per heavy atom. The van der Waals surface area contributed by atoms with Gasteiger partial charge >= 0.3 is 12.1 Å². The number of ether oxygens (including phenoxy) is 1. The zero-order chi connectivity index (χ0) is 15.2. The Kier molecular flexibility index (Phi) is 5.61. The zero-order valence-electron chi connectivity index (χ0n) is 11.2. The van der Waals surface area contributed by atoms with Gasteiger partial charge in [0.05, 0.1) is 12.7 Å². The number of esters is 1. The zero-order valence-corrected chi connectivity index (χ0v) is 11.2. The molecule has 6 heteroatoms. The Balaban J connectivity index is 2.89. The van der Waals surface area contributed by atoms with Crippen LogP contribution in [0.4, 0.5) is 13.2 Å². The number of halogens is 3. The van der Waals surface area contributed by atoms with Gasteiger partial charge in [0.25, 0.3) is 0 Å². The number of carbonyl (C=O) groups excluding carboxylic acids is 1. The van der Waals surface area contributed by atoms with E-state index in [4.69, 9.17) is 0 Å². The fourth-order valence-electron chi connectivity index (χ4n) is 1.57. The molecule has 20 heavy (non-hydrogen) atoms. The van der Waals surface area contributed by atoms with Crippen molar-refractivity contribution in [3.8, 4) is 0 Å². The van der Waals surface area contributed by atoms with Crippen molar-refractivity contribution in [2.75, 3.05) is 6.61 Å². The minimum Gasteiger partial charge on any atom is -0.463 e. The molecular formula is C14H16F3NO2. The van der Waals surface area contributed by atoms with E-state index in [0.29, 0.717) is 11.6 Å². The second-order valence-corrected chi connectivity index (χ2v) is 4.08. The van der Waals surface area contributed by atoms with Crippen LogP contribution in [-0.4, -0.2) is 18.8 Å². The van der Waals surface area contributed by atoms with Crippen molar-refractivity contribution in [2.24, 2.45) is 0 Å². The van der Waals surface area contributed by atoms with Crippen molar-refractivity contribution < 1.29 is 22.7 Å². The number of rotatable bonds is 5. The number of nitrogens with one attached hydrogen (secondary N) is 1. The van der Waals surface area contributed by atoms with Gasteiger partial charge in [-0.05, 0) is 19.4 Å². The van der Waals surface area contributed by atoms with Crippen molar-refractivity contribution >= 4 is 5.97 Å². The summed E-state index contributed by atoms with van der Waals surface area (Å²) in [5.74, 6) is -1.02. The molecule has 0 unspecified atom stereocenters. The summed E-state index contributed by atoms with van der Waals surface area (Å²) in [5.41, 5.74) is -0.432. The van der Waals surface area contributed by atoms with E-state index in [9.17, 15) is 18.0 Å². The first-order valence-electron chi connectivity index (χ1n) is 6.11. The molecule has 0 aliphatic carbocycles. The van der Waals surface area contributed by atoms with Crippen LogP contribution >= 0.6 is 0 Å². The largest absolute Gasteiger partial charge is 0.463 e. The van der Waals surface area contributed by atoms with Crippen LogP contribution in [-0.2, 0) is 9.53 Å². The van der Waals surface area contributed by atoms with Crippen molar-refractivity contribution in [3.63, 3.8) is 0 Å². The molecule has 1 aromatic carbocycles. The van der Waals surface area contributed by atoms with Crippen LogP contribution < -0.4 is 5.32 Å². The van der Waals surface area contributed by atoms with Gasteiger partial charge in [-0.2, -0.15) is 13.2 Å². The SMILES string of the molecule is CCOC(=O)/C=C(/N[C@@H](C)c1ccccc1)C(F)(F)F. The molecule has 0 radical (unpaired) electrons. The highest BCUT2D eigenvalue weighted by Gasteiger charge is 2.35. The lowest BCUT2D eigenvalue weighted by molar-refractivity contribution is -0.138. The molecule has 0 spiro atoms. The molecule has 0 bridgehead atoms. The molecule has 3 nitrogen and oxygen atoms in total. The minimum atomic E-state index is -4.64. The maximum absolute atomic E-state index is 12.9. The summed E-state index contributed by atoms with van der Waals surface area (Å²) in [6.07, 6.45) is -4.21. The lowest BCUT2D eigenvalue weighted by atomic mass is 10.1. The Labute approximate surface area is 115 Å². The van der Waals surface area contributed by atoms with E-state index in [1.165, 1.54) is 6.92 Å². The minimum absolute atomic E-state index is 0.0225. The maximum atomic E-state index is 12.9.